The van der Waals surface area contributed by atoms with Gasteiger partial charge < -0.3 is 75.7 Å². The van der Waals surface area contributed by atoms with E-state index in [1.165, 1.54) is 6.08 Å². The molecule has 3 aliphatic rings. The van der Waals surface area contributed by atoms with Crippen molar-refractivity contribution in [2.75, 3.05) is 0 Å². The van der Waals surface area contributed by atoms with Crippen LogP contribution in [0.2, 0.25) is 0 Å². The lowest BCUT2D eigenvalue weighted by molar-refractivity contribution is -0.308. The van der Waals surface area contributed by atoms with E-state index in [-0.39, 0.29) is 31.6 Å². The van der Waals surface area contributed by atoms with Crippen molar-refractivity contribution in [3.05, 3.63) is 85.1 Å². The zero-order valence-electron chi connectivity index (χ0n) is 37.3. The molecule has 5 unspecified atom stereocenters. The molecule has 3 aliphatic heterocycles. The van der Waals surface area contributed by atoms with Crippen LogP contribution in [0.15, 0.2) is 85.1 Å². The first-order valence-corrected chi connectivity index (χ1v) is 22.2. The first kappa shape index (κ1) is 54.9. The Hall–Kier alpha value is -3.40. The molecule has 2 saturated heterocycles. The van der Waals surface area contributed by atoms with Crippen molar-refractivity contribution >= 4 is 11.9 Å². The Balaban J connectivity index is 1.84. The monoisotopic (exact) mass is 907 g/mol. The number of esters is 1. The topological polar surface area (TPSA) is 299 Å². The average molecular weight is 908 g/mol. The Morgan fingerprint density at radius 1 is 0.688 bits per heavy atom. The third-order valence-electron chi connectivity index (χ3n) is 12.0. The number of carbonyl (C=O) groups is 2. The van der Waals surface area contributed by atoms with Gasteiger partial charge in [0.1, 0.15) is 18.1 Å². The molecule has 2 bridgehead atoms. The summed E-state index contributed by atoms with van der Waals surface area (Å²) in [5.41, 5.74) is 6.02. The highest BCUT2D eigenvalue weighted by molar-refractivity contribution is 5.71. The number of fused-ring (bicyclic) bond motifs is 2. The van der Waals surface area contributed by atoms with Crippen molar-refractivity contribution in [1.29, 1.82) is 0 Å². The van der Waals surface area contributed by atoms with Crippen molar-refractivity contribution in [2.45, 2.75) is 177 Å². The highest BCUT2D eigenvalue weighted by Gasteiger charge is 2.51. The normalized spacial score (nSPS) is 44.8. The van der Waals surface area contributed by atoms with E-state index in [1.807, 2.05) is 49.5 Å². The summed E-state index contributed by atoms with van der Waals surface area (Å²) >= 11 is 0. The summed E-state index contributed by atoms with van der Waals surface area (Å²) < 4.78 is 23.2. The van der Waals surface area contributed by atoms with Gasteiger partial charge in [0, 0.05) is 37.5 Å². The minimum absolute atomic E-state index is 0.0813. The summed E-state index contributed by atoms with van der Waals surface area (Å²) in [4.78, 5) is 25.0. The van der Waals surface area contributed by atoms with Crippen LogP contribution in [-0.4, -0.2) is 154 Å². The first-order chi connectivity index (χ1) is 30.2. The van der Waals surface area contributed by atoms with Crippen molar-refractivity contribution in [1.82, 2.24) is 0 Å². The number of carboxylic acid groups (broad SMARTS) is 1. The number of carbonyl (C=O) groups excluding carboxylic acids is 1. The van der Waals surface area contributed by atoms with Gasteiger partial charge in [-0.1, -0.05) is 112 Å². The van der Waals surface area contributed by atoms with Crippen LogP contribution in [-0.2, 0) is 28.5 Å². The number of aliphatic hydroxyl groups excluding tert-OH is 8. The number of aliphatic hydroxyl groups is 9. The summed E-state index contributed by atoms with van der Waals surface area (Å²) in [6.45, 7) is 6.86. The minimum Gasteiger partial charge on any atom is -0.481 e. The average Bonchev–Trinajstić information content (AvgIpc) is 3.21. The molecule has 2 fully saturated rings. The molecule has 64 heavy (non-hydrogen) atoms. The summed E-state index contributed by atoms with van der Waals surface area (Å²) in [7, 11) is 0. The van der Waals surface area contributed by atoms with Gasteiger partial charge in [0.05, 0.1) is 73.5 Å². The molecule has 0 aromatic carbocycles. The number of cyclic esters (lactones) is 1. The molecular weight excluding hydrogens is 835 g/mol. The van der Waals surface area contributed by atoms with E-state index >= 15 is 0 Å². The maximum Gasteiger partial charge on any atom is 0.311 e. The lowest BCUT2D eigenvalue weighted by Crippen LogP contribution is -2.61. The van der Waals surface area contributed by atoms with E-state index in [2.05, 4.69) is 0 Å². The molecule has 3 heterocycles. The third-order valence-corrected chi connectivity index (χ3v) is 12.0. The molecule has 12 N–H and O–H groups in total. The van der Waals surface area contributed by atoms with Crippen molar-refractivity contribution in [3.8, 4) is 0 Å². The van der Waals surface area contributed by atoms with Gasteiger partial charge in [-0.3, -0.25) is 9.59 Å². The maximum absolute atomic E-state index is 12.6. The summed E-state index contributed by atoms with van der Waals surface area (Å²) in [5, 5.41) is 108. The largest absolute Gasteiger partial charge is 0.481 e. The summed E-state index contributed by atoms with van der Waals surface area (Å²) in [6.07, 6.45) is 7.71. The highest BCUT2D eigenvalue weighted by atomic mass is 16.7. The molecule has 0 aromatic rings. The standard InChI is InChI=1S/C47H73NO16/c1-28-19-15-13-11-9-7-5-6-8-10-12-14-16-21-34(63-46-44(57)41(48)43(56)31(4)62-46)25-38-40(45(58)59)37(53)27-47(60,64-38)26-33(50)23-36(52)35(51)22-18-17-20-32(49)24-39(54)61-30(3)29(2)42(28)55/h5-16,19,21,28-38,40-44,46,49-53,55-57,60H,17-18,20,22-27,48H2,1-4H3,(H,58,59)/b6-5+,9-7+,10-8+,13-11+,14-12+,19-15+,21-16+/t28-,29-,30-,31?,32+,33-,34-,35+,36+,37-,38-,40+,41?,42+,43?,44?,46?,47+/m0/s1. The molecule has 0 radical (unpaired) electrons. The van der Waals surface area contributed by atoms with Gasteiger partial charge in [-0.25, -0.2) is 0 Å². The van der Waals surface area contributed by atoms with Crippen LogP contribution >= 0.6 is 0 Å². The van der Waals surface area contributed by atoms with Crippen LogP contribution in [0.4, 0.5) is 0 Å². The Bertz CT molecular complexity index is 1630. The number of allylic oxidation sites excluding steroid dienone is 12. The van der Waals surface area contributed by atoms with Crippen LogP contribution in [0.25, 0.3) is 0 Å². The lowest BCUT2D eigenvalue weighted by Gasteiger charge is -2.45. The van der Waals surface area contributed by atoms with Crippen molar-refractivity contribution in [2.24, 2.45) is 23.5 Å². The van der Waals surface area contributed by atoms with E-state index in [0.717, 1.165) is 0 Å². The Morgan fingerprint density at radius 2 is 1.25 bits per heavy atom. The summed E-state index contributed by atoms with van der Waals surface area (Å²) in [6, 6.07) is -1.13. The molecule has 18 atom stereocenters. The Kier molecular flexibility index (Phi) is 23.4. The minimum atomic E-state index is -2.28. The van der Waals surface area contributed by atoms with E-state index in [9.17, 15) is 60.7 Å². The van der Waals surface area contributed by atoms with Gasteiger partial charge in [0.15, 0.2) is 12.1 Å². The maximum atomic E-state index is 12.6. The van der Waals surface area contributed by atoms with Gasteiger partial charge >= 0.3 is 11.9 Å². The summed E-state index contributed by atoms with van der Waals surface area (Å²) in [5.74, 6) is -6.53. The Labute approximate surface area is 376 Å². The van der Waals surface area contributed by atoms with Crippen molar-refractivity contribution in [3.63, 3.8) is 0 Å². The predicted octanol–water partition coefficient (Wildman–Crippen LogP) is 1.74. The third kappa shape index (κ3) is 18.1. The van der Waals surface area contributed by atoms with Gasteiger partial charge in [-0.05, 0) is 26.7 Å². The zero-order chi connectivity index (χ0) is 47.6. The molecule has 0 spiro atoms. The second-order valence-electron chi connectivity index (χ2n) is 17.4. The molecule has 0 amide bonds. The van der Waals surface area contributed by atoms with Crippen molar-refractivity contribution < 1.29 is 79.6 Å². The van der Waals surface area contributed by atoms with Gasteiger partial charge in [0.2, 0.25) is 0 Å². The van der Waals surface area contributed by atoms with Crippen LogP contribution in [0.5, 0.6) is 0 Å². The van der Waals surface area contributed by atoms with Gasteiger partial charge in [-0.15, -0.1) is 0 Å². The number of hydrogen-bond donors (Lipinski definition) is 11. The fourth-order valence-corrected chi connectivity index (χ4v) is 7.93. The fraction of sp³-hybridized carbons (Fsp3) is 0.660. The van der Waals surface area contributed by atoms with Crippen LogP contribution in [0.1, 0.15) is 85.5 Å². The molecule has 0 aliphatic carbocycles. The fourth-order valence-electron chi connectivity index (χ4n) is 7.93. The lowest BCUT2D eigenvalue weighted by atomic mass is 9.82. The zero-order valence-corrected chi connectivity index (χ0v) is 37.3. The van der Waals surface area contributed by atoms with Crippen LogP contribution in [0, 0.1) is 17.8 Å². The molecule has 17 nitrogen and oxygen atoms in total. The second kappa shape index (κ2) is 27.3. The van der Waals surface area contributed by atoms with Crippen LogP contribution in [0.3, 0.4) is 0 Å². The molecule has 17 heteroatoms. The molecule has 362 valence electrons. The second-order valence-corrected chi connectivity index (χ2v) is 17.4. The molecule has 0 saturated carbocycles. The number of carboxylic acids is 1. The van der Waals surface area contributed by atoms with Gasteiger partial charge in [-0.2, -0.15) is 0 Å². The van der Waals surface area contributed by atoms with Gasteiger partial charge in [0.25, 0.3) is 0 Å². The number of aliphatic carboxylic acids is 1. The smallest absolute Gasteiger partial charge is 0.311 e. The quantitative estimate of drug-likeness (QED) is 0.180. The SMILES string of the molecule is CC1OC(O[C@H]2/C=C/C=C/C=C/C=C/C=C/C=C/C=C/[C@H](C)[C@@H](O)[C@@H](C)[C@H](C)OC(=O)C[C@H](O)CCCC[C@@H](O)[C@H](O)C[C@H](O)C[C@]3(O)C[C@H](O)[C@@H](C(=O)O)[C@H](C2)O3)C(O)C(N)C1O. The molecule has 0 aromatic heterocycles. The number of rotatable bonds is 3. The van der Waals surface area contributed by atoms with E-state index in [1.54, 1.807) is 57.2 Å². The first-order valence-electron chi connectivity index (χ1n) is 22.2. The van der Waals surface area contributed by atoms with E-state index < -0.39 is 134 Å². The number of nitrogens with two attached hydrogens (primary N) is 1. The highest BCUT2D eigenvalue weighted by Crippen LogP contribution is 2.38. The number of hydrogen-bond acceptors (Lipinski definition) is 16. The molecular formula is C47H73NO16. The number of ether oxygens (including phenoxy) is 4. The predicted molar refractivity (Wildman–Crippen MR) is 236 cm³/mol. The van der Waals surface area contributed by atoms with Crippen LogP contribution < -0.4 is 5.73 Å². The Morgan fingerprint density at radius 3 is 1.84 bits per heavy atom. The molecule has 3 rings (SSSR count). The van der Waals surface area contributed by atoms with E-state index in [4.69, 9.17) is 24.7 Å². The van der Waals surface area contributed by atoms with E-state index in [0.29, 0.717) is 12.8 Å².